The number of carbonyl (C=O) groups is 2. The minimum atomic E-state index is -0.0266. The lowest BCUT2D eigenvalue weighted by Crippen LogP contribution is -2.38. The van der Waals surface area contributed by atoms with Crippen molar-refractivity contribution in [3.8, 4) is 5.75 Å². The molecule has 1 aromatic heterocycles. The van der Waals surface area contributed by atoms with E-state index in [9.17, 15) is 9.59 Å². The second-order valence-electron chi connectivity index (χ2n) is 8.83. The first-order chi connectivity index (χ1) is 16.5. The van der Waals surface area contributed by atoms with E-state index in [0.29, 0.717) is 36.5 Å². The van der Waals surface area contributed by atoms with Crippen LogP contribution in [-0.4, -0.2) is 53.8 Å². The van der Waals surface area contributed by atoms with Gasteiger partial charge in [0.05, 0.1) is 18.4 Å². The van der Waals surface area contributed by atoms with E-state index in [1.54, 1.807) is 18.1 Å². The topological polar surface area (TPSA) is 62.7 Å². The summed E-state index contributed by atoms with van der Waals surface area (Å²) in [5.41, 5.74) is 4.11. The van der Waals surface area contributed by atoms with Crippen LogP contribution >= 0.6 is 0 Å². The molecule has 1 saturated heterocycles. The van der Waals surface area contributed by atoms with E-state index < -0.39 is 0 Å². The first kappa shape index (κ1) is 23.5. The summed E-state index contributed by atoms with van der Waals surface area (Å²) >= 11 is 0. The zero-order chi connectivity index (χ0) is 24.1. The molecule has 0 N–H and O–H groups in total. The molecule has 6 heteroatoms. The third kappa shape index (κ3) is 5.28. The standard InChI is InChI=1S/C28H31N3O3/c1-20-12-13-25(28(33)30(2)19-21-8-5-4-6-9-21)26(29-20)22-14-16-31(17-15-22)27(32)23-10-7-11-24(18-23)34-3/h4-13,18,22H,14-17,19H2,1-3H3. The van der Waals surface area contributed by atoms with Crippen molar-refractivity contribution in [1.29, 1.82) is 0 Å². The van der Waals surface area contributed by atoms with Gasteiger partial charge in [-0.3, -0.25) is 14.6 Å². The molecule has 2 amide bonds. The van der Waals surface area contributed by atoms with Gasteiger partial charge in [-0.15, -0.1) is 0 Å². The molecule has 0 bridgehead atoms. The Balaban J connectivity index is 1.47. The summed E-state index contributed by atoms with van der Waals surface area (Å²) in [6, 6.07) is 21.0. The van der Waals surface area contributed by atoms with Gasteiger partial charge < -0.3 is 14.5 Å². The second-order valence-corrected chi connectivity index (χ2v) is 8.83. The molecule has 0 unspecified atom stereocenters. The molecule has 1 fully saturated rings. The third-order valence-corrected chi connectivity index (χ3v) is 6.39. The fraction of sp³-hybridized carbons (Fsp3) is 0.321. The van der Waals surface area contributed by atoms with Crippen molar-refractivity contribution in [3.05, 3.63) is 94.8 Å². The molecule has 4 rings (SSSR count). The first-order valence-electron chi connectivity index (χ1n) is 11.7. The van der Waals surface area contributed by atoms with E-state index in [-0.39, 0.29) is 17.7 Å². The molecule has 2 aromatic carbocycles. The number of pyridine rings is 1. The largest absolute Gasteiger partial charge is 0.497 e. The summed E-state index contributed by atoms with van der Waals surface area (Å²) in [5.74, 6) is 0.792. The maximum atomic E-state index is 13.4. The molecule has 2 heterocycles. The van der Waals surface area contributed by atoms with Crippen LogP contribution in [0.2, 0.25) is 0 Å². The van der Waals surface area contributed by atoms with Gasteiger partial charge in [0.15, 0.2) is 0 Å². The molecule has 1 aliphatic heterocycles. The van der Waals surface area contributed by atoms with E-state index in [2.05, 4.69) is 0 Å². The molecule has 0 saturated carbocycles. The average molecular weight is 458 g/mol. The van der Waals surface area contributed by atoms with Crippen molar-refractivity contribution in [2.75, 3.05) is 27.2 Å². The zero-order valence-corrected chi connectivity index (χ0v) is 20.0. The first-order valence-corrected chi connectivity index (χ1v) is 11.7. The molecular weight excluding hydrogens is 426 g/mol. The predicted octanol–water partition coefficient (Wildman–Crippen LogP) is 4.69. The molecule has 1 aliphatic rings. The average Bonchev–Trinajstić information content (AvgIpc) is 2.88. The minimum absolute atomic E-state index is 0.00782. The van der Waals surface area contributed by atoms with Crippen LogP contribution in [-0.2, 0) is 6.54 Å². The Kier molecular flexibility index (Phi) is 7.26. The van der Waals surface area contributed by atoms with E-state index in [1.807, 2.05) is 79.5 Å². The van der Waals surface area contributed by atoms with Crippen LogP contribution in [0.1, 0.15) is 56.4 Å². The number of methoxy groups -OCH3 is 1. The maximum Gasteiger partial charge on any atom is 0.255 e. The van der Waals surface area contributed by atoms with Crippen LogP contribution in [0.4, 0.5) is 0 Å². The highest BCUT2D eigenvalue weighted by Gasteiger charge is 2.29. The lowest BCUT2D eigenvalue weighted by Gasteiger charge is -2.33. The Morgan fingerprint density at radius 2 is 1.76 bits per heavy atom. The van der Waals surface area contributed by atoms with Gasteiger partial charge in [-0.05, 0) is 55.7 Å². The summed E-state index contributed by atoms with van der Waals surface area (Å²) in [5, 5.41) is 0. The van der Waals surface area contributed by atoms with Gasteiger partial charge in [0.25, 0.3) is 11.8 Å². The number of amides is 2. The van der Waals surface area contributed by atoms with E-state index in [4.69, 9.17) is 9.72 Å². The monoisotopic (exact) mass is 457 g/mol. The van der Waals surface area contributed by atoms with Gasteiger partial charge in [0, 0.05) is 43.9 Å². The van der Waals surface area contributed by atoms with Crippen molar-refractivity contribution in [2.45, 2.75) is 32.2 Å². The fourth-order valence-corrected chi connectivity index (χ4v) is 4.50. The highest BCUT2D eigenvalue weighted by Crippen LogP contribution is 2.31. The molecule has 0 radical (unpaired) electrons. The Morgan fingerprint density at radius 1 is 1.03 bits per heavy atom. The van der Waals surface area contributed by atoms with Crippen LogP contribution in [0, 0.1) is 6.92 Å². The van der Waals surface area contributed by atoms with E-state index in [0.717, 1.165) is 29.8 Å². The highest BCUT2D eigenvalue weighted by molar-refractivity contribution is 5.96. The lowest BCUT2D eigenvalue weighted by atomic mass is 9.89. The van der Waals surface area contributed by atoms with Crippen molar-refractivity contribution >= 4 is 11.8 Å². The van der Waals surface area contributed by atoms with E-state index >= 15 is 0 Å². The van der Waals surface area contributed by atoms with Gasteiger partial charge in [0.2, 0.25) is 0 Å². The normalized spacial score (nSPS) is 14.0. The van der Waals surface area contributed by atoms with Crippen molar-refractivity contribution < 1.29 is 14.3 Å². The number of rotatable bonds is 6. The number of nitrogens with zero attached hydrogens (tertiary/aromatic N) is 3. The molecule has 0 aliphatic carbocycles. The van der Waals surface area contributed by atoms with Crippen molar-refractivity contribution in [2.24, 2.45) is 0 Å². The third-order valence-electron chi connectivity index (χ3n) is 6.39. The Hall–Kier alpha value is -3.67. The highest BCUT2D eigenvalue weighted by atomic mass is 16.5. The molecule has 0 atom stereocenters. The van der Waals surface area contributed by atoms with Crippen LogP contribution < -0.4 is 4.74 Å². The van der Waals surface area contributed by atoms with Gasteiger partial charge >= 0.3 is 0 Å². The van der Waals surface area contributed by atoms with Gasteiger partial charge in [0.1, 0.15) is 5.75 Å². The van der Waals surface area contributed by atoms with Gasteiger partial charge in [-0.25, -0.2) is 0 Å². The summed E-state index contributed by atoms with van der Waals surface area (Å²) in [6.45, 7) is 3.75. The van der Waals surface area contributed by atoms with Gasteiger partial charge in [-0.1, -0.05) is 36.4 Å². The summed E-state index contributed by atoms with van der Waals surface area (Å²) in [6.07, 6.45) is 1.55. The Labute approximate surface area is 201 Å². The Morgan fingerprint density at radius 3 is 2.47 bits per heavy atom. The van der Waals surface area contributed by atoms with Crippen LogP contribution in [0.25, 0.3) is 0 Å². The Bertz CT molecular complexity index is 1150. The zero-order valence-electron chi connectivity index (χ0n) is 20.0. The smallest absolute Gasteiger partial charge is 0.255 e. The predicted molar refractivity (Wildman–Crippen MR) is 132 cm³/mol. The van der Waals surface area contributed by atoms with Crippen molar-refractivity contribution in [3.63, 3.8) is 0 Å². The van der Waals surface area contributed by atoms with Gasteiger partial charge in [-0.2, -0.15) is 0 Å². The van der Waals surface area contributed by atoms with Crippen LogP contribution in [0.3, 0.4) is 0 Å². The number of benzene rings is 2. The summed E-state index contributed by atoms with van der Waals surface area (Å²) in [7, 11) is 3.43. The molecule has 0 spiro atoms. The molecule has 34 heavy (non-hydrogen) atoms. The van der Waals surface area contributed by atoms with E-state index in [1.165, 1.54) is 0 Å². The molecule has 6 nitrogen and oxygen atoms in total. The number of aromatic nitrogens is 1. The number of hydrogen-bond acceptors (Lipinski definition) is 4. The van der Waals surface area contributed by atoms with Crippen LogP contribution in [0.15, 0.2) is 66.7 Å². The number of likely N-dealkylation sites (tertiary alicyclic amines) is 1. The summed E-state index contributed by atoms with van der Waals surface area (Å²) in [4.78, 5) is 34.8. The van der Waals surface area contributed by atoms with Crippen molar-refractivity contribution in [1.82, 2.24) is 14.8 Å². The molecule has 176 valence electrons. The minimum Gasteiger partial charge on any atom is -0.497 e. The number of piperidine rings is 1. The number of carbonyl (C=O) groups excluding carboxylic acids is 2. The summed E-state index contributed by atoms with van der Waals surface area (Å²) < 4.78 is 5.26. The number of hydrogen-bond donors (Lipinski definition) is 0. The molecular formula is C28H31N3O3. The molecule has 3 aromatic rings. The quantitative estimate of drug-likeness (QED) is 0.539. The lowest BCUT2D eigenvalue weighted by molar-refractivity contribution is 0.0706. The second kappa shape index (κ2) is 10.5. The maximum absolute atomic E-state index is 13.4. The SMILES string of the molecule is COc1cccc(C(=O)N2CCC(c3nc(C)ccc3C(=O)N(C)Cc3ccccc3)CC2)c1. The fourth-order valence-electron chi connectivity index (χ4n) is 4.50. The van der Waals surface area contributed by atoms with Crippen LogP contribution in [0.5, 0.6) is 5.75 Å². The number of aryl methyl sites for hydroxylation is 1. The number of ether oxygens (including phenoxy) is 1.